The standard InChI is InChI=1S/C16H16FN3O/c1-16(2)7-15(21)20(10-16)14-9-18-13(8-19-14)11-4-3-5-12(17)6-11/h3-6,8-9H,7,10H2,1-2H3. The molecule has 2 aromatic rings. The summed E-state index contributed by atoms with van der Waals surface area (Å²) in [7, 11) is 0. The maximum Gasteiger partial charge on any atom is 0.228 e. The first-order chi connectivity index (χ1) is 9.94. The van der Waals surface area contributed by atoms with Crippen molar-refractivity contribution in [3.8, 4) is 11.3 Å². The predicted octanol–water partition coefficient (Wildman–Crippen LogP) is 3.05. The maximum atomic E-state index is 13.2. The van der Waals surface area contributed by atoms with E-state index in [9.17, 15) is 9.18 Å². The van der Waals surface area contributed by atoms with Crippen LogP contribution in [0.2, 0.25) is 0 Å². The Morgan fingerprint density at radius 1 is 1.24 bits per heavy atom. The van der Waals surface area contributed by atoms with Crippen LogP contribution < -0.4 is 4.90 Å². The zero-order valence-corrected chi connectivity index (χ0v) is 12.0. The lowest BCUT2D eigenvalue weighted by Gasteiger charge is -2.18. The summed E-state index contributed by atoms with van der Waals surface area (Å²) >= 11 is 0. The van der Waals surface area contributed by atoms with E-state index < -0.39 is 0 Å². The van der Waals surface area contributed by atoms with E-state index in [1.54, 1.807) is 29.4 Å². The molecule has 1 fully saturated rings. The number of hydrogen-bond acceptors (Lipinski definition) is 3. The molecule has 3 rings (SSSR count). The fourth-order valence-corrected chi connectivity index (χ4v) is 2.54. The van der Waals surface area contributed by atoms with Crippen LogP contribution >= 0.6 is 0 Å². The van der Waals surface area contributed by atoms with Gasteiger partial charge in [-0.2, -0.15) is 0 Å². The van der Waals surface area contributed by atoms with Crippen LogP contribution in [0.3, 0.4) is 0 Å². The van der Waals surface area contributed by atoms with Crippen LogP contribution in [0.25, 0.3) is 11.3 Å². The highest BCUT2D eigenvalue weighted by Gasteiger charge is 2.37. The Hall–Kier alpha value is -2.30. The Morgan fingerprint density at radius 2 is 2.05 bits per heavy atom. The molecule has 0 unspecified atom stereocenters. The topological polar surface area (TPSA) is 46.1 Å². The SMILES string of the molecule is CC1(C)CC(=O)N(c2cnc(-c3cccc(F)c3)cn2)C1. The first kappa shape index (κ1) is 13.7. The van der Waals surface area contributed by atoms with Crippen LogP contribution in [0.1, 0.15) is 20.3 Å². The van der Waals surface area contributed by atoms with Crippen molar-refractivity contribution in [2.45, 2.75) is 20.3 Å². The lowest BCUT2D eigenvalue weighted by atomic mass is 9.93. The molecule has 0 aliphatic carbocycles. The number of halogens is 1. The largest absolute Gasteiger partial charge is 0.295 e. The summed E-state index contributed by atoms with van der Waals surface area (Å²) < 4.78 is 13.2. The number of carbonyl (C=O) groups excluding carboxylic acids is 1. The van der Waals surface area contributed by atoms with Gasteiger partial charge in [0.1, 0.15) is 5.82 Å². The van der Waals surface area contributed by atoms with Crippen molar-refractivity contribution in [2.75, 3.05) is 11.4 Å². The Bertz CT molecular complexity index is 682. The van der Waals surface area contributed by atoms with E-state index in [1.165, 1.54) is 12.1 Å². The van der Waals surface area contributed by atoms with Gasteiger partial charge in [-0.3, -0.25) is 14.7 Å². The van der Waals surface area contributed by atoms with Crippen molar-refractivity contribution in [1.82, 2.24) is 9.97 Å². The van der Waals surface area contributed by atoms with Crippen molar-refractivity contribution >= 4 is 11.7 Å². The molecule has 4 nitrogen and oxygen atoms in total. The molecule has 1 aromatic heterocycles. The first-order valence-electron chi connectivity index (χ1n) is 6.83. The molecule has 0 N–H and O–H groups in total. The summed E-state index contributed by atoms with van der Waals surface area (Å²) in [5.74, 6) is 0.299. The highest BCUT2D eigenvalue weighted by Crippen LogP contribution is 2.32. The second-order valence-corrected chi connectivity index (χ2v) is 6.09. The van der Waals surface area contributed by atoms with Gasteiger partial charge in [-0.1, -0.05) is 26.0 Å². The summed E-state index contributed by atoms with van der Waals surface area (Å²) in [6.45, 7) is 4.75. The van der Waals surface area contributed by atoms with Gasteiger partial charge in [0, 0.05) is 18.5 Å². The van der Waals surface area contributed by atoms with Gasteiger partial charge in [0.05, 0.1) is 18.1 Å². The summed E-state index contributed by atoms with van der Waals surface area (Å²) in [5.41, 5.74) is 1.21. The zero-order valence-electron chi connectivity index (χ0n) is 12.0. The molecular weight excluding hydrogens is 269 g/mol. The lowest BCUT2D eigenvalue weighted by Crippen LogP contribution is -2.26. The molecular formula is C16H16FN3O. The monoisotopic (exact) mass is 285 g/mol. The van der Waals surface area contributed by atoms with Crippen LogP contribution in [0.4, 0.5) is 10.2 Å². The van der Waals surface area contributed by atoms with Gasteiger partial charge in [0.2, 0.25) is 5.91 Å². The molecule has 1 saturated heterocycles. The Labute approximate surface area is 122 Å². The van der Waals surface area contributed by atoms with Gasteiger partial charge >= 0.3 is 0 Å². The molecule has 0 saturated carbocycles. The van der Waals surface area contributed by atoms with Gasteiger partial charge in [-0.25, -0.2) is 9.37 Å². The van der Waals surface area contributed by atoms with E-state index in [2.05, 4.69) is 23.8 Å². The van der Waals surface area contributed by atoms with Crippen molar-refractivity contribution in [3.05, 3.63) is 42.5 Å². The molecule has 21 heavy (non-hydrogen) atoms. The molecule has 1 aliphatic heterocycles. The fraction of sp³-hybridized carbons (Fsp3) is 0.312. The molecule has 108 valence electrons. The Balaban J connectivity index is 1.87. The molecule has 2 heterocycles. The van der Waals surface area contributed by atoms with Crippen molar-refractivity contribution < 1.29 is 9.18 Å². The third-order valence-electron chi connectivity index (χ3n) is 3.55. The van der Waals surface area contributed by atoms with E-state index in [4.69, 9.17) is 0 Å². The second kappa shape index (κ2) is 4.91. The molecule has 1 aliphatic rings. The summed E-state index contributed by atoms with van der Waals surface area (Å²) in [6, 6.07) is 6.20. The van der Waals surface area contributed by atoms with Crippen LogP contribution in [-0.2, 0) is 4.79 Å². The molecule has 0 atom stereocenters. The molecule has 0 bridgehead atoms. The lowest BCUT2D eigenvalue weighted by molar-refractivity contribution is -0.117. The third kappa shape index (κ3) is 2.77. The van der Waals surface area contributed by atoms with E-state index >= 15 is 0 Å². The summed E-state index contributed by atoms with van der Waals surface area (Å²) in [6.07, 6.45) is 3.66. The maximum absolute atomic E-state index is 13.2. The Kier molecular flexibility index (Phi) is 3.20. The summed E-state index contributed by atoms with van der Waals surface area (Å²) in [4.78, 5) is 22.3. The van der Waals surface area contributed by atoms with Crippen LogP contribution in [-0.4, -0.2) is 22.4 Å². The Morgan fingerprint density at radius 3 is 2.62 bits per heavy atom. The summed E-state index contributed by atoms with van der Waals surface area (Å²) in [5, 5.41) is 0. The minimum absolute atomic E-state index is 0.0417. The number of aromatic nitrogens is 2. The number of nitrogens with zero attached hydrogens (tertiary/aromatic N) is 3. The smallest absolute Gasteiger partial charge is 0.228 e. The highest BCUT2D eigenvalue weighted by atomic mass is 19.1. The minimum Gasteiger partial charge on any atom is -0.295 e. The highest BCUT2D eigenvalue weighted by molar-refractivity contribution is 5.95. The van der Waals surface area contributed by atoms with E-state index in [0.717, 1.165) is 0 Å². The van der Waals surface area contributed by atoms with Crippen LogP contribution in [0.15, 0.2) is 36.7 Å². The molecule has 0 spiro atoms. The van der Waals surface area contributed by atoms with Crippen LogP contribution in [0, 0.1) is 11.2 Å². The molecule has 1 amide bonds. The zero-order chi connectivity index (χ0) is 15.0. The van der Waals surface area contributed by atoms with Gasteiger partial charge in [0.15, 0.2) is 5.82 Å². The van der Waals surface area contributed by atoms with Gasteiger partial charge < -0.3 is 0 Å². The number of anilines is 1. The van der Waals surface area contributed by atoms with Gasteiger partial charge in [-0.05, 0) is 17.5 Å². The van der Waals surface area contributed by atoms with E-state index in [-0.39, 0.29) is 17.1 Å². The fourth-order valence-electron chi connectivity index (χ4n) is 2.54. The quantitative estimate of drug-likeness (QED) is 0.852. The molecule has 1 aromatic carbocycles. The minimum atomic E-state index is -0.310. The first-order valence-corrected chi connectivity index (χ1v) is 6.83. The van der Waals surface area contributed by atoms with E-state index in [1.807, 2.05) is 0 Å². The number of rotatable bonds is 2. The van der Waals surface area contributed by atoms with Crippen molar-refractivity contribution in [2.24, 2.45) is 5.41 Å². The normalized spacial score (nSPS) is 17.3. The van der Waals surface area contributed by atoms with E-state index in [0.29, 0.717) is 30.0 Å². The third-order valence-corrected chi connectivity index (χ3v) is 3.55. The number of benzene rings is 1. The van der Waals surface area contributed by atoms with Crippen molar-refractivity contribution in [3.63, 3.8) is 0 Å². The second-order valence-electron chi connectivity index (χ2n) is 6.09. The van der Waals surface area contributed by atoms with Crippen LogP contribution in [0.5, 0.6) is 0 Å². The average molecular weight is 285 g/mol. The average Bonchev–Trinajstić information content (AvgIpc) is 2.72. The molecule has 5 heteroatoms. The number of carbonyl (C=O) groups is 1. The number of hydrogen-bond donors (Lipinski definition) is 0. The predicted molar refractivity (Wildman–Crippen MR) is 78.2 cm³/mol. The van der Waals surface area contributed by atoms with Gasteiger partial charge in [0.25, 0.3) is 0 Å². The van der Waals surface area contributed by atoms with Crippen molar-refractivity contribution in [1.29, 1.82) is 0 Å². The molecule has 0 radical (unpaired) electrons. The van der Waals surface area contributed by atoms with Gasteiger partial charge in [-0.15, -0.1) is 0 Å². The number of amides is 1.